The van der Waals surface area contributed by atoms with Crippen molar-refractivity contribution >= 4 is 17.6 Å². The lowest BCUT2D eigenvalue weighted by Gasteiger charge is -2.10. The second-order valence-corrected chi connectivity index (χ2v) is 5.79. The number of carbonyl (C=O) groups is 2. The van der Waals surface area contributed by atoms with Crippen molar-refractivity contribution in [3.63, 3.8) is 0 Å². The lowest BCUT2D eigenvalue weighted by molar-refractivity contribution is 0.0499. The van der Waals surface area contributed by atoms with Crippen LogP contribution < -0.4 is 5.32 Å². The quantitative estimate of drug-likeness (QED) is 0.510. The van der Waals surface area contributed by atoms with Crippen molar-refractivity contribution in [3.8, 4) is 5.69 Å². The maximum atomic E-state index is 12.6. The number of rotatable bonds is 7. The molecule has 0 aliphatic heterocycles. The van der Waals surface area contributed by atoms with E-state index < -0.39 is 0 Å². The average molecular weight is 365 g/mol. The molecule has 2 aromatic carbocycles. The molecule has 27 heavy (non-hydrogen) atoms. The van der Waals surface area contributed by atoms with E-state index in [9.17, 15) is 9.59 Å². The summed E-state index contributed by atoms with van der Waals surface area (Å²) in [5.74, 6) is -0.676. The molecule has 0 spiro atoms. The van der Waals surface area contributed by atoms with Gasteiger partial charge in [0.25, 0.3) is 5.91 Å². The van der Waals surface area contributed by atoms with Crippen molar-refractivity contribution < 1.29 is 14.3 Å². The largest absolute Gasteiger partial charge is 0.462 e. The van der Waals surface area contributed by atoms with E-state index in [4.69, 9.17) is 4.74 Å². The molecule has 8 heteroatoms. The van der Waals surface area contributed by atoms with E-state index >= 15 is 0 Å². The number of ether oxygens (including phenoxy) is 1. The highest BCUT2D eigenvalue weighted by Crippen LogP contribution is 2.16. The fourth-order valence-corrected chi connectivity index (χ4v) is 2.42. The molecule has 1 N–H and O–H groups in total. The van der Waals surface area contributed by atoms with Gasteiger partial charge in [-0.1, -0.05) is 25.5 Å². The molecular weight excluding hydrogens is 346 g/mol. The van der Waals surface area contributed by atoms with Gasteiger partial charge in [0.05, 0.1) is 23.4 Å². The first-order chi connectivity index (χ1) is 13.2. The number of nitrogens with one attached hydrogen (secondary N) is 1. The fourth-order valence-electron chi connectivity index (χ4n) is 2.42. The van der Waals surface area contributed by atoms with Crippen molar-refractivity contribution in [2.75, 3.05) is 11.9 Å². The van der Waals surface area contributed by atoms with Gasteiger partial charge in [0.1, 0.15) is 6.33 Å². The molecule has 0 fully saturated rings. The number of hydrogen-bond donors (Lipinski definition) is 1. The van der Waals surface area contributed by atoms with Crippen molar-refractivity contribution in [2.45, 2.75) is 19.8 Å². The summed E-state index contributed by atoms with van der Waals surface area (Å²) in [6, 6.07) is 13.6. The van der Waals surface area contributed by atoms with Crippen LogP contribution in [0.1, 0.15) is 40.5 Å². The summed E-state index contributed by atoms with van der Waals surface area (Å²) in [5.41, 5.74) is 2.00. The van der Waals surface area contributed by atoms with Gasteiger partial charge in [-0.15, -0.1) is 5.10 Å². The molecule has 0 radical (unpaired) electrons. The zero-order chi connectivity index (χ0) is 19.1. The number of aromatic nitrogens is 4. The lowest BCUT2D eigenvalue weighted by Crippen LogP contribution is -2.15. The van der Waals surface area contributed by atoms with E-state index in [0.29, 0.717) is 29.1 Å². The van der Waals surface area contributed by atoms with Crippen LogP contribution in [0.3, 0.4) is 0 Å². The second kappa shape index (κ2) is 8.70. The maximum Gasteiger partial charge on any atom is 0.338 e. The van der Waals surface area contributed by atoms with Gasteiger partial charge < -0.3 is 10.1 Å². The Morgan fingerprint density at radius 1 is 1.11 bits per heavy atom. The van der Waals surface area contributed by atoms with Gasteiger partial charge in [0.15, 0.2) is 0 Å². The van der Waals surface area contributed by atoms with Crippen LogP contribution in [0, 0.1) is 0 Å². The molecule has 1 heterocycles. The number of unbranched alkanes of at least 4 members (excludes halogenated alkanes) is 1. The molecule has 0 bridgehead atoms. The summed E-state index contributed by atoms with van der Waals surface area (Å²) in [5, 5.41) is 13.8. The Bertz CT molecular complexity index is 907. The zero-order valence-electron chi connectivity index (χ0n) is 14.8. The van der Waals surface area contributed by atoms with E-state index in [1.807, 2.05) is 6.92 Å². The topological polar surface area (TPSA) is 99.0 Å². The molecule has 0 aliphatic rings. The van der Waals surface area contributed by atoms with Crippen molar-refractivity contribution in [1.82, 2.24) is 20.2 Å². The summed E-state index contributed by atoms with van der Waals surface area (Å²) in [4.78, 5) is 24.6. The number of amides is 1. The number of carbonyl (C=O) groups excluding carboxylic acids is 2. The number of nitrogens with zero attached hydrogens (tertiary/aromatic N) is 4. The highest BCUT2D eigenvalue weighted by Gasteiger charge is 2.14. The summed E-state index contributed by atoms with van der Waals surface area (Å²) < 4.78 is 6.59. The summed E-state index contributed by atoms with van der Waals surface area (Å²) in [6.07, 6.45) is 3.22. The van der Waals surface area contributed by atoms with Crippen LogP contribution in [0.25, 0.3) is 5.69 Å². The molecule has 0 aliphatic carbocycles. The maximum absolute atomic E-state index is 12.6. The van der Waals surface area contributed by atoms with E-state index in [-0.39, 0.29) is 11.9 Å². The predicted octanol–water partition coefficient (Wildman–Crippen LogP) is 2.87. The predicted molar refractivity (Wildman–Crippen MR) is 98.7 cm³/mol. The smallest absolute Gasteiger partial charge is 0.338 e. The minimum absolute atomic E-state index is 0.306. The van der Waals surface area contributed by atoms with Gasteiger partial charge in [-0.2, -0.15) is 4.68 Å². The Hall–Kier alpha value is -3.55. The number of anilines is 1. The Balaban J connectivity index is 1.69. The minimum atomic E-state index is -0.370. The molecule has 3 rings (SSSR count). The summed E-state index contributed by atoms with van der Waals surface area (Å²) in [6.45, 7) is 2.44. The van der Waals surface area contributed by atoms with E-state index in [1.54, 1.807) is 48.5 Å². The van der Waals surface area contributed by atoms with E-state index in [0.717, 1.165) is 12.8 Å². The average Bonchev–Trinajstić information content (AvgIpc) is 3.23. The third-order valence-electron chi connectivity index (χ3n) is 3.85. The van der Waals surface area contributed by atoms with Crippen molar-refractivity contribution in [1.29, 1.82) is 0 Å². The van der Waals surface area contributed by atoms with Gasteiger partial charge in [-0.05, 0) is 53.2 Å². The van der Waals surface area contributed by atoms with Crippen molar-refractivity contribution in [3.05, 3.63) is 66.0 Å². The number of esters is 1. The van der Waals surface area contributed by atoms with Gasteiger partial charge >= 0.3 is 5.97 Å². The number of hydrogen-bond acceptors (Lipinski definition) is 6. The van der Waals surface area contributed by atoms with Crippen LogP contribution in [0.5, 0.6) is 0 Å². The van der Waals surface area contributed by atoms with Crippen LogP contribution in [-0.2, 0) is 4.74 Å². The molecule has 3 aromatic rings. The Morgan fingerprint density at radius 3 is 2.59 bits per heavy atom. The highest BCUT2D eigenvalue weighted by atomic mass is 16.5. The minimum Gasteiger partial charge on any atom is -0.462 e. The molecule has 0 saturated heterocycles. The normalized spacial score (nSPS) is 10.4. The Labute approximate surface area is 156 Å². The number of tetrazole rings is 1. The first kappa shape index (κ1) is 18.2. The highest BCUT2D eigenvalue weighted by molar-refractivity contribution is 6.06. The number of benzene rings is 2. The Morgan fingerprint density at radius 2 is 1.89 bits per heavy atom. The lowest BCUT2D eigenvalue weighted by atomic mass is 10.1. The third-order valence-corrected chi connectivity index (χ3v) is 3.85. The van der Waals surface area contributed by atoms with E-state index in [2.05, 4.69) is 20.8 Å². The van der Waals surface area contributed by atoms with Gasteiger partial charge in [0.2, 0.25) is 0 Å². The molecule has 1 aromatic heterocycles. The Kier molecular flexibility index (Phi) is 5.88. The third kappa shape index (κ3) is 4.55. The van der Waals surface area contributed by atoms with Crippen LogP contribution in [0.4, 0.5) is 5.69 Å². The molecule has 138 valence electrons. The van der Waals surface area contributed by atoms with Crippen LogP contribution in [0.15, 0.2) is 54.9 Å². The first-order valence-corrected chi connectivity index (χ1v) is 8.60. The molecule has 0 saturated carbocycles. The molecule has 1 amide bonds. The van der Waals surface area contributed by atoms with Crippen LogP contribution in [0.2, 0.25) is 0 Å². The summed E-state index contributed by atoms with van der Waals surface area (Å²) >= 11 is 0. The molecule has 8 nitrogen and oxygen atoms in total. The van der Waals surface area contributed by atoms with Gasteiger partial charge in [-0.25, -0.2) is 4.79 Å². The summed E-state index contributed by atoms with van der Waals surface area (Å²) in [7, 11) is 0. The van der Waals surface area contributed by atoms with Crippen LogP contribution in [-0.4, -0.2) is 38.7 Å². The zero-order valence-corrected chi connectivity index (χ0v) is 14.8. The van der Waals surface area contributed by atoms with Gasteiger partial charge in [-0.3, -0.25) is 4.79 Å². The van der Waals surface area contributed by atoms with Gasteiger partial charge in [0, 0.05) is 5.69 Å². The number of para-hydroxylation sites is 1. The molecule has 0 atom stereocenters. The SMILES string of the molecule is CCCCOC(=O)c1ccc(NC(=O)c2ccccc2-n2cnnn2)cc1. The molecule has 0 unspecified atom stereocenters. The van der Waals surface area contributed by atoms with Crippen molar-refractivity contribution in [2.24, 2.45) is 0 Å². The first-order valence-electron chi connectivity index (χ1n) is 8.60. The molecular formula is C19H19N5O3. The van der Waals surface area contributed by atoms with Crippen LogP contribution >= 0.6 is 0 Å². The fraction of sp³-hybridized carbons (Fsp3) is 0.211. The standard InChI is InChI=1S/C19H19N5O3/c1-2-3-12-27-19(26)14-8-10-15(11-9-14)21-18(25)16-6-4-5-7-17(16)24-13-20-22-23-24/h4-11,13H,2-3,12H2,1H3,(H,21,25). The van der Waals surface area contributed by atoms with E-state index in [1.165, 1.54) is 11.0 Å². The monoisotopic (exact) mass is 365 g/mol. The second-order valence-electron chi connectivity index (χ2n) is 5.79.